The molecule has 0 bridgehead atoms. The maximum absolute atomic E-state index is 12.8. The lowest BCUT2D eigenvalue weighted by Crippen LogP contribution is -2.43. The summed E-state index contributed by atoms with van der Waals surface area (Å²) in [5.41, 5.74) is 0.352. The number of hydrogen-bond acceptors (Lipinski definition) is 2. The molecule has 0 unspecified atom stereocenters. The summed E-state index contributed by atoms with van der Waals surface area (Å²) in [6.45, 7) is -0.425. The molecule has 1 fully saturated rings. The molecule has 0 spiro atoms. The van der Waals surface area contributed by atoms with Gasteiger partial charge < -0.3 is 15.7 Å². The van der Waals surface area contributed by atoms with Gasteiger partial charge in [0.1, 0.15) is 12.4 Å². The monoisotopic (exact) mass is 252 g/mol. The van der Waals surface area contributed by atoms with Crippen LogP contribution in [0.4, 0.5) is 9.18 Å². The number of halogens is 1. The van der Waals surface area contributed by atoms with Gasteiger partial charge in [-0.1, -0.05) is 12.1 Å². The second-order valence-electron chi connectivity index (χ2n) is 4.29. The van der Waals surface area contributed by atoms with E-state index in [0.717, 1.165) is 18.4 Å². The molecule has 2 amide bonds. The number of urea groups is 1. The van der Waals surface area contributed by atoms with Gasteiger partial charge in [0.25, 0.3) is 0 Å². The van der Waals surface area contributed by atoms with Crippen LogP contribution in [0.25, 0.3) is 0 Å². The Morgan fingerprint density at radius 3 is 2.39 bits per heavy atom. The normalized spacial score (nSPS) is 15.8. The van der Waals surface area contributed by atoms with Crippen LogP contribution in [0.2, 0.25) is 0 Å². The fourth-order valence-corrected chi connectivity index (χ4v) is 1.80. The summed E-state index contributed by atoms with van der Waals surface area (Å²) in [6, 6.07) is 5.40. The minimum atomic E-state index is -1.10. The molecule has 18 heavy (non-hydrogen) atoms. The Morgan fingerprint density at radius 2 is 1.89 bits per heavy atom. The van der Waals surface area contributed by atoms with E-state index in [9.17, 15) is 14.0 Å². The largest absolute Gasteiger partial charge is 0.480 e. The van der Waals surface area contributed by atoms with Gasteiger partial charge >= 0.3 is 12.0 Å². The Hall–Kier alpha value is -2.11. The lowest BCUT2D eigenvalue weighted by molar-refractivity contribution is -0.135. The lowest BCUT2D eigenvalue weighted by Gasteiger charge is -2.18. The Balaban J connectivity index is 1.98. The molecular formula is C12H13FN2O3. The smallest absolute Gasteiger partial charge is 0.323 e. The molecule has 1 aromatic rings. The summed E-state index contributed by atoms with van der Waals surface area (Å²) < 4.78 is 12.8. The van der Waals surface area contributed by atoms with Crippen LogP contribution >= 0.6 is 0 Å². The topological polar surface area (TPSA) is 78.4 Å². The van der Waals surface area contributed by atoms with Crippen LogP contribution < -0.4 is 10.6 Å². The summed E-state index contributed by atoms with van der Waals surface area (Å²) >= 11 is 0. The summed E-state index contributed by atoms with van der Waals surface area (Å²) in [6.07, 6.45) is 1.53. The molecule has 2 rings (SSSR count). The van der Waals surface area contributed by atoms with Gasteiger partial charge in [-0.25, -0.2) is 9.18 Å². The summed E-state index contributed by atoms with van der Waals surface area (Å²) in [5.74, 6) is -1.43. The first-order valence-corrected chi connectivity index (χ1v) is 5.56. The van der Waals surface area contributed by atoms with E-state index >= 15 is 0 Å². The summed E-state index contributed by atoms with van der Waals surface area (Å²) in [5, 5.41) is 13.4. The number of amides is 2. The highest BCUT2D eigenvalue weighted by molar-refractivity contribution is 5.80. The third-order valence-electron chi connectivity index (χ3n) is 2.90. The average Bonchev–Trinajstić information content (AvgIpc) is 3.08. The standard InChI is InChI=1S/C12H13FN2O3/c13-9-3-1-8(2-4-9)12(5-6-12)15-11(18)14-7-10(16)17/h1-4H,5-7H2,(H,16,17)(H2,14,15,18). The number of carboxylic acid groups (broad SMARTS) is 1. The van der Waals surface area contributed by atoms with Crippen molar-refractivity contribution in [1.29, 1.82) is 0 Å². The fraction of sp³-hybridized carbons (Fsp3) is 0.333. The van der Waals surface area contributed by atoms with Crippen molar-refractivity contribution in [3.05, 3.63) is 35.6 Å². The van der Waals surface area contributed by atoms with Gasteiger partial charge in [-0.05, 0) is 30.5 Å². The van der Waals surface area contributed by atoms with Gasteiger partial charge in [-0.3, -0.25) is 4.79 Å². The molecule has 1 saturated carbocycles. The van der Waals surface area contributed by atoms with Crippen LogP contribution in [-0.2, 0) is 10.3 Å². The number of benzene rings is 1. The van der Waals surface area contributed by atoms with Crippen molar-refractivity contribution in [2.45, 2.75) is 18.4 Å². The molecule has 0 saturated heterocycles. The highest BCUT2D eigenvalue weighted by Crippen LogP contribution is 2.45. The highest BCUT2D eigenvalue weighted by Gasteiger charge is 2.45. The van der Waals surface area contributed by atoms with E-state index in [1.807, 2.05) is 0 Å². The van der Waals surface area contributed by atoms with Crippen LogP contribution in [0.3, 0.4) is 0 Å². The van der Waals surface area contributed by atoms with E-state index in [4.69, 9.17) is 5.11 Å². The molecule has 5 nitrogen and oxygen atoms in total. The molecule has 0 atom stereocenters. The SMILES string of the molecule is O=C(O)CNC(=O)NC1(c2ccc(F)cc2)CC1. The number of nitrogens with one attached hydrogen (secondary N) is 2. The zero-order valence-electron chi connectivity index (χ0n) is 9.57. The molecule has 96 valence electrons. The maximum atomic E-state index is 12.8. The van der Waals surface area contributed by atoms with E-state index in [1.54, 1.807) is 12.1 Å². The third-order valence-corrected chi connectivity index (χ3v) is 2.90. The zero-order chi connectivity index (χ0) is 13.2. The Bertz CT molecular complexity index is 469. The van der Waals surface area contributed by atoms with Gasteiger partial charge in [-0.15, -0.1) is 0 Å². The number of carbonyl (C=O) groups excluding carboxylic acids is 1. The number of carboxylic acids is 1. The van der Waals surface area contributed by atoms with E-state index < -0.39 is 24.1 Å². The molecule has 1 aliphatic rings. The highest BCUT2D eigenvalue weighted by atomic mass is 19.1. The average molecular weight is 252 g/mol. The molecule has 1 aromatic carbocycles. The van der Waals surface area contributed by atoms with Gasteiger partial charge in [-0.2, -0.15) is 0 Å². The summed E-state index contributed by atoms with van der Waals surface area (Å²) in [7, 11) is 0. The maximum Gasteiger partial charge on any atom is 0.323 e. The number of rotatable bonds is 4. The zero-order valence-corrected chi connectivity index (χ0v) is 9.57. The Kier molecular flexibility index (Phi) is 3.18. The molecule has 0 radical (unpaired) electrons. The molecule has 1 aliphatic carbocycles. The predicted molar refractivity (Wildman–Crippen MR) is 61.5 cm³/mol. The Morgan fingerprint density at radius 1 is 1.28 bits per heavy atom. The van der Waals surface area contributed by atoms with E-state index in [-0.39, 0.29) is 5.82 Å². The molecule has 6 heteroatoms. The van der Waals surface area contributed by atoms with Crippen molar-refractivity contribution in [3.8, 4) is 0 Å². The fourth-order valence-electron chi connectivity index (χ4n) is 1.80. The van der Waals surface area contributed by atoms with Crippen molar-refractivity contribution in [2.75, 3.05) is 6.54 Å². The second-order valence-corrected chi connectivity index (χ2v) is 4.29. The van der Waals surface area contributed by atoms with Gasteiger partial charge in [0.2, 0.25) is 0 Å². The van der Waals surface area contributed by atoms with Crippen LogP contribution in [0.15, 0.2) is 24.3 Å². The van der Waals surface area contributed by atoms with Crippen LogP contribution in [0.1, 0.15) is 18.4 Å². The number of hydrogen-bond donors (Lipinski definition) is 3. The van der Waals surface area contributed by atoms with E-state index in [0.29, 0.717) is 0 Å². The van der Waals surface area contributed by atoms with E-state index in [1.165, 1.54) is 12.1 Å². The number of aliphatic carboxylic acids is 1. The van der Waals surface area contributed by atoms with Crippen molar-refractivity contribution < 1.29 is 19.1 Å². The second kappa shape index (κ2) is 4.64. The van der Waals surface area contributed by atoms with Gasteiger partial charge in [0, 0.05) is 0 Å². The minimum absolute atomic E-state index is 0.329. The van der Waals surface area contributed by atoms with E-state index in [2.05, 4.69) is 10.6 Å². The quantitative estimate of drug-likeness (QED) is 0.753. The van der Waals surface area contributed by atoms with Crippen LogP contribution in [0.5, 0.6) is 0 Å². The lowest BCUT2D eigenvalue weighted by atomic mass is 10.1. The minimum Gasteiger partial charge on any atom is -0.480 e. The number of carbonyl (C=O) groups is 2. The predicted octanol–water partition coefficient (Wildman–Crippen LogP) is 1.20. The van der Waals surface area contributed by atoms with Crippen LogP contribution in [-0.4, -0.2) is 23.7 Å². The van der Waals surface area contributed by atoms with Crippen molar-refractivity contribution in [1.82, 2.24) is 10.6 Å². The third kappa shape index (κ3) is 2.77. The van der Waals surface area contributed by atoms with Crippen molar-refractivity contribution in [2.24, 2.45) is 0 Å². The summed E-state index contributed by atoms with van der Waals surface area (Å²) in [4.78, 5) is 21.8. The molecule has 0 aromatic heterocycles. The molecule has 0 heterocycles. The van der Waals surface area contributed by atoms with Crippen LogP contribution in [0, 0.1) is 5.82 Å². The Labute approximate surface area is 103 Å². The molecular weight excluding hydrogens is 239 g/mol. The first-order valence-electron chi connectivity index (χ1n) is 5.56. The molecule has 3 N–H and O–H groups in total. The van der Waals surface area contributed by atoms with Gasteiger partial charge in [0.15, 0.2) is 0 Å². The van der Waals surface area contributed by atoms with Crippen molar-refractivity contribution >= 4 is 12.0 Å². The first kappa shape index (κ1) is 12.3. The van der Waals surface area contributed by atoms with Gasteiger partial charge in [0.05, 0.1) is 5.54 Å². The molecule has 0 aliphatic heterocycles. The van der Waals surface area contributed by atoms with Crippen molar-refractivity contribution in [3.63, 3.8) is 0 Å². The first-order chi connectivity index (χ1) is 8.52.